The Morgan fingerprint density at radius 1 is 0.893 bits per heavy atom. The maximum atomic E-state index is 12.7. The van der Waals surface area contributed by atoms with Gasteiger partial charge in [0.15, 0.2) is 0 Å². The van der Waals surface area contributed by atoms with Crippen LogP contribution in [0.4, 0.5) is 5.69 Å². The molecule has 4 rings (SSSR count). The molecule has 7 heteroatoms. The summed E-state index contributed by atoms with van der Waals surface area (Å²) < 4.78 is 28.0. The van der Waals surface area contributed by atoms with Gasteiger partial charge in [-0.25, -0.2) is 8.42 Å². The number of rotatable bonds is 4. The van der Waals surface area contributed by atoms with Crippen LogP contribution < -0.4 is 4.72 Å². The highest BCUT2D eigenvalue weighted by Gasteiger charge is 2.19. The van der Waals surface area contributed by atoms with E-state index in [0.717, 1.165) is 16.6 Å². The summed E-state index contributed by atoms with van der Waals surface area (Å²) in [4.78, 5) is 4.96. The lowest BCUT2D eigenvalue weighted by Gasteiger charge is -2.21. The molecule has 4 nitrogen and oxygen atoms in total. The van der Waals surface area contributed by atoms with Gasteiger partial charge in [-0.2, -0.15) is 0 Å². The van der Waals surface area contributed by atoms with Crippen molar-refractivity contribution in [3.05, 3.63) is 64.3 Å². The fourth-order valence-corrected chi connectivity index (χ4v) is 5.07. The number of pyridine rings is 1. The third-order valence-electron chi connectivity index (χ3n) is 5.19. The second kappa shape index (κ2) is 7.90. The summed E-state index contributed by atoms with van der Waals surface area (Å²) in [6, 6.07) is 13.6. The van der Waals surface area contributed by atoms with Gasteiger partial charge < -0.3 is 0 Å². The highest BCUT2D eigenvalue weighted by Crippen LogP contribution is 2.33. The largest absolute Gasteiger partial charge is 0.280 e. The minimum Gasteiger partial charge on any atom is -0.280 e. The number of sulfonamides is 1. The minimum absolute atomic E-state index is 0.179. The SMILES string of the molecule is O=S(=O)(Nc1ccc(Cl)c(Cl)c1)c1ccc2nc(C3CCCCC3)ccc2c1. The monoisotopic (exact) mass is 434 g/mol. The van der Waals surface area contributed by atoms with E-state index in [9.17, 15) is 8.42 Å². The number of hydrogen-bond acceptors (Lipinski definition) is 3. The lowest BCUT2D eigenvalue weighted by Crippen LogP contribution is -2.13. The van der Waals surface area contributed by atoms with Crippen LogP contribution in [0.1, 0.15) is 43.7 Å². The predicted octanol–water partition coefficient (Wildman–Crippen LogP) is 6.39. The molecule has 0 atom stereocenters. The van der Waals surface area contributed by atoms with Crippen molar-refractivity contribution in [3.8, 4) is 0 Å². The van der Waals surface area contributed by atoms with Crippen molar-refractivity contribution >= 4 is 49.8 Å². The van der Waals surface area contributed by atoms with E-state index in [1.807, 2.05) is 12.1 Å². The van der Waals surface area contributed by atoms with E-state index in [2.05, 4.69) is 4.72 Å². The van der Waals surface area contributed by atoms with Crippen LogP contribution in [0.5, 0.6) is 0 Å². The van der Waals surface area contributed by atoms with E-state index < -0.39 is 10.0 Å². The van der Waals surface area contributed by atoms with Crippen LogP contribution in [0, 0.1) is 0 Å². The molecule has 1 aromatic heterocycles. The van der Waals surface area contributed by atoms with Gasteiger partial charge in [0.25, 0.3) is 10.0 Å². The van der Waals surface area contributed by atoms with E-state index in [-0.39, 0.29) is 4.90 Å². The molecule has 146 valence electrons. The number of hydrogen-bond donors (Lipinski definition) is 1. The Morgan fingerprint density at radius 3 is 2.43 bits per heavy atom. The number of aromatic nitrogens is 1. The zero-order valence-corrected chi connectivity index (χ0v) is 17.5. The first kappa shape index (κ1) is 19.5. The molecule has 0 spiro atoms. The van der Waals surface area contributed by atoms with Crippen molar-refractivity contribution in [3.63, 3.8) is 0 Å². The zero-order chi connectivity index (χ0) is 19.7. The zero-order valence-electron chi connectivity index (χ0n) is 15.2. The van der Waals surface area contributed by atoms with Gasteiger partial charge in [0.1, 0.15) is 0 Å². The molecule has 2 aromatic carbocycles. The third kappa shape index (κ3) is 4.12. The van der Waals surface area contributed by atoms with Gasteiger partial charge in [0, 0.05) is 17.0 Å². The summed E-state index contributed by atoms with van der Waals surface area (Å²) in [6.07, 6.45) is 6.16. The van der Waals surface area contributed by atoms with Gasteiger partial charge in [-0.3, -0.25) is 9.71 Å². The van der Waals surface area contributed by atoms with Gasteiger partial charge >= 0.3 is 0 Å². The predicted molar refractivity (Wildman–Crippen MR) is 115 cm³/mol. The number of anilines is 1. The summed E-state index contributed by atoms with van der Waals surface area (Å²) in [7, 11) is -3.74. The Balaban J connectivity index is 1.61. The van der Waals surface area contributed by atoms with Crippen molar-refractivity contribution in [1.29, 1.82) is 0 Å². The van der Waals surface area contributed by atoms with Crippen LogP contribution in [0.2, 0.25) is 10.0 Å². The first-order valence-corrected chi connectivity index (χ1v) is 11.5. The molecule has 3 aromatic rings. The van der Waals surface area contributed by atoms with Crippen LogP contribution in [-0.2, 0) is 10.0 Å². The Bertz CT molecular complexity index is 1130. The molecular weight excluding hydrogens is 415 g/mol. The number of nitrogens with one attached hydrogen (secondary N) is 1. The van der Waals surface area contributed by atoms with E-state index >= 15 is 0 Å². The quantitative estimate of drug-likeness (QED) is 0.517. The molecule has 0 unspecified atom stereocenters. The topological polar surface area (TPSA) is 59.1 Å². The minimum atomic E-state index is -3.74. The second-order valence-electron chi connectivity index (χ2n) is 7.16. The summed E-state index contributed by atoms with van der Waals surface area (Å²) in [5.74, 6) is 0.512. The van der Waals surface area contributed by atoms with Crippen LogP contribution in [0.25, 0.3) is 10.9 Å². The Hall–Kier alpha value is -1.82. The average Bonchev–Trinajstić information content (AvgIpc) is 2.70. The van der Waals surface area contributed by atoms with E-state index in [1.54, 1.807) is 30.3 Å². The number of fused-ring (bicyclic) bond motifs is 1. The van der Waals surface area contributed by atoms with Crippen LogP contribution >= 0.6 is 23.2 Å². The van der Waals surface area contributed by atoms with E-state index in [1.165, 1.54) is 38.2 Å². The molecule has 1 N–H and O–H groups in total. The van der Waals surface area contributed by atoms with Crippen molar-refractivity contribution in [2.45, 2.75) is 42.9 Å². The van der Waals surface area contributed by atoms with Gasteiger partial charge in [-0.05, 0) is 55.3 Å². The first-order chi connectivity index (χ1) is 13.4. The smallest absolute Gasteiger partial charge is 0.261 e. The molecule has 28 heavy (non-hydrogen) atoms. The fourth-order valence-electron chi connectivity index (χ4n) is 3.69. The number of nitrogens with zero attached hydrogens (tertiary/aromatic N) is 1. The summed E-state index contributed by atoms with van der Waals surface area (Å²) >= 11 is 11.9. The molecule has 0 radical (unpaired) electrons. The summed E-state index contributed by atoms with van der Waals surface area (Å²) in [5.41, 5.74) is 2.29. The third-order valence-corrected chi connectivity index (χ3v) is 7.31. The van der Waals surface area contributed by atoms with Gasteiger partial charge in [-0.15, -0.1) is 0 Å². The molecule has 0 aliphatic heterocycles. The summed E-state index contributed by atoms with van der Waals surface area (Å²) in [6.45, 7) is 0. The Kier molecular flexibility index (Phi) is 5.50. The molecule has 1 aliphatic carbocycles. The number of benzene rings is 2. The second-order valence-corrected chi connectivity index (χ2v) is 9.66. The average molecular weight is 435 g/mol. The van der Waals surface area contributed by atoms with Crippen molar-refractivity contribution in [2.24, 2.45) is 0 Å². The van der Waals surface area contributed by atoms with Crippen LogP contribution in [0.3, 0.4) is 0 Å². The van der Waals surface area contributed by atoms with E-state index in [0.29, 0.717) is 21.7 Å². The van der Waals surface area contributed by atoms with Crippen molar-refractivity contribution in [2.75, 3.05) is 4.72 Å². The van der Waals surface area contributed by atoms with Gasteiger partial charge in [-0.1, -0.05) is 48.5 Å². The molecule has 1 aliphatic rings. The van der Waals surface area contributed by atoms with Gasteiger partial charge in [0.05, 0.1) is 26.1 Å². The number of halogens is 2. The lowest BCUT2D eigenvalue weighted by atomic mass is 9.86. The molecule has 1 saturated carbocycles. The maximum Gasteiger partial charge on any atom is 0.261 e. The fraction of sp³-hybridized carbons (Fsp3) is 0.286. The van der Waals surface area contributed by atoms with Crippen molar-refractivity contribution in [1.82, 2.24) is 4.98 Å². The van der Waals surface area contributed by atoms with Crippen molar-refractivity contribution < 1.29 is 8.42 Å². The molecular formula is C21H20Cl2N2O2S. The maximum absolute atomic E-state index is 12.7. The highest BCUT2D eigenvalue weighted by atomic mass is 35.5. The van der Waals surface area contributed by atoms with Crippen LogP contribution in [-0.4, -0.2) is 13.4 Å². The molecule has 1 fully saturated rings. The van der Waals surface area contributed by atoms with E-state index in [4.69, 9.17) is 28.2 Å². The Labute approximate surface area is 174 Å². The highest BCUT2D eigenvalue weighted by molar-refractivity contribution is 7.92. The molecule has 0 bridgehead atoms. The van der Waals surface area contributed by atoms with Gasteiger partial charge in [0.2, 0.25) is 0 Å². The van der Waals surface area contributed by atoms with Crippen LogP contribution in [0.15, 0.2) is 53.4 Å². The standard InChI is InChI=1S/C21H20Cl2N2O2S/c22-18-9-7-16(13-19(18)23)25-28(26,27)17-8-11-21-15(12-17)6-10-20(24-21)14-4-2-1-3-5-14/h6-14,25H,1-5H2. The first-order valence-electron chi connectivity index (χ1n) is 9.31. The molecule has 0 amide bonds. The lowest BCUT2D eigenvalue weighted by molar-refractivity contribution is 0.437. The summed E-state index contributed by atoms with van der Waals surface area (Å²) in [5, 5.41) is 1.46. The Morgan fingerprint density at radius 2 is 1.68 bits per heavy atom. The molecule has 0 saturated heterocycles. The molecule has 1 heterocycles. The normalized spacial score (nSPS) is 15.6.